The lowest BCUT2D eigenvalue weighted by Crippen LogP contribution is -2.36. The summed E-state index contributed by atoms with van der Waals surface area (Å²) in [5, 5.41) is 7.49. The zero-order chi connectivity index (χ0) is 52.2. The van der Waals surface area contributed by atoms with Gasteiger partial charge in [0, 0.05) is 74.1 Å². The molecule has 0 bridgehead atoms. The topological polar surface area (TPSA) is 226 Å². The van der Waals surface area contributed by atoms with Crippen LogP contribution in [0.15, 0.2) is 79.4 Å². The number of imidazole rings is 1. The number of fused-ring (bicyclic) bond motifs is 2. The average molecular weight is 1090 g/mol. The van der Waals surface area contributed by atoms with E-state index >= 15 is 0 Å². The normalized spacial score (nSPS) is 16.3. The molecule has 0 aliphatic carbocycles. The first-order valence-electron chi connectivity index (χ1n) is 22.9. The lowest BCUT2D eigenvalue weighted by molar-refractivity contribution is -0.128. The molecule has 0 radical (unpaired) electrons. The van der Waals surface area contributed by atoms with Crippen molar-refractivity contribution in [3.63, 3.8) is 0 Å². The van der Waals surface area contributed by atoms with E-state index in [0.29, 0.717) is 51.2 Å². The van der Waals surface area contributed by atoms with Crippen LogP contribution in [-0.4, -0.2) is 108 Å². The summed E-state index contributed by atoms with van der Waals surface area (Å²) >= 11 is 11.4. The maximum Gasteiger partial charge on any atom is 0.419 e. The van der Waals surface area contributed by atoms with Crippen LogP contribution in [0, 0.1) is 23.3 Å². The van der Waals surface area contributed by atoms with Crippen LogP contribution in [0.25, 0.3) is 0 Å². The van der Waals surface area contributed by atoms with E-state index in [-0.39, 0.29) is 99.9 Å². The van der Waals surface area contributed by atoms with Crippen molar-refractivity contribution in [2.45, 2.75) is 50.6 Å². The standard InChI is InChI=1S/C23H22ClF2N3O5.C16H13ClF2N2O2.C10H13N3O3.ClH/c24-15-12-13(3-5-16(15)25)27-22(31)14-4-6-17(26)20-18(7-10-33-21(14)20)28-23(32)34-11-9-29-8-1-2-19(29)30;17-10-7-8(1-3-11(10)18)21-16(22)9-2-4-12(19)14-13(20)5-6-23-15(9)14;14-9-2-1-4-12(9)6-7-16-10(15)13-5-3-11-8-13;/h3-6,12,18H,1-2,7-11H2,(H,27,31)(H,28,32);1-4,7,13H,5-6,20H2,(H,21,22);3,5,8H,1-2,4,6-7H2;1H/t18-;13-;;/m00../s1. The Morgan fingerprint density at radius 1 is 0.703 bits per heavy atom. The zero-order valence-electron chi connectivity index (χ0n) is 39.2. The Balaban J connectivity index is 0.000000193. The van der Waals surface area contributed by atoms with Crippen molar-refractivity contribution < 1.29 is 65.3 Å². The molecule has 5 N–H and O–H groups in total. The smallest absolute Gasteiger partial charge is 0.419 e. The predicted octanol–water partition coefficient (Wildman–Crippen LogP) is 8.61. The van der Waals surface area contributed by atoms with Gasteiger partial charge in [0.1, 0.15) is 54.3 Å². The molecular formula is C49H49Cl3F4N8O10. The van der Waals surface area contributed by atoms with E-state index in [9.17, 15) is 46.3 Å². The van der Waals surface area contributed by atoms with Gasteiger partial charge in [-0.25, -0.2) is 36.7 Å². The number of ether oxygens (including phenoxy) is 4. The first-order valence-corrected chi connectivity index (χ1v) is 23.7. The molecule has 25 heteroatoms. The number of aromatic nitrogens is 2. The molecule has 74 heavy (non-hydrogen) atoms. The maximum absolute atomic E-state index is 14.7. The van der Waals surface area contributed by atoms with Crippen molar-refractivity contribution in [3.8, 4) is 11.5 Å². The van der Waals surface area contributed by atoms with Crippen LogP contribution in [0.3, 0.4) is 0 Å². The van der Waals surface area contributed by atoms with Crippen molar-refractivity contribution in [2.24, 2.45) is 5.73 Å². The second kappa shape index (κ2) is 26.2. The minimum Gasteiger partial charge on any atom is -0.492 e. The Bertz CT molecular complexity index is 2870. The number of carbonyl (C=O) groups excluding carboxylic acids is 6. The van der Waals surface area contributed by atoms with Gasteiger partial charge in [-0.2, -0.15) is 0 Å². The fraction of sp³-hybridized carbons (Fsp3) is 0.327. The summed E-state index contributed by atoms with van der Waals surface area (Å²) in [5.74, 6) is -3.18. The van der Waals surface area contributed by atoms with Crippen molar-refractivity contribution in [1.29, 1.82) is 0 Å². The SMILES string of the molecule is Cl.N[C@H]1CCOc2c(C(=O)Nc3ccc(F)c(Cl)c3)ccc(F)c21.O=C(N[C@H]1CCOc2c(C(=O)Nc3ccc(F)c(Cl)c3)ccc(F)c21)OCCN1CCCC1=O.O=C1CCCN1CCOC(=O)n1ccnc1. The molecule has 4 aromatic carbocycles. The first-order chi connectivity index (χ1) is 35.1. The van der Waals surface area contributed by atoms with Crippen molar-refractivity contribution in [2.75, 3.05) is 63.2 Å². The number of benzene rings is 4. The molecule has 0 saturated carbocycles. The van der Waals surface area contributed by atoms with Gasteiger partial charge < -0.3 is 50.4 Å². The van der Waals surface area contributed by atoms with Crippen LogP contribution >= 0.6 is 35.6 Å². The summed E-state index contributed by atoms with van der Waals surface area (Å²) < 4.78 is 77.6. The molecule has 2 atom stereocenters. The maximum atomic E-state index is 14.7. The number of rotatable bonds is 11. The molecule has 18 nitrogen and oxygen atoms in total. The average Bonchev–Trinajstić information content (AvgIpc) is 4.15. The number of anilines is 2. The molecule has 0 spiro atoms. The molecule has 2 saturated heterocycles. The van der Waals surface area contributed by atoms with Gasteiger partial charge in [-0.15, -0.1) is 12.4 Å². The van der Waals surface area contributed by atoms with E-state index in [2.05, 4.69) is 20.9 Å². The minimum atomic E-state index is -0.780. The number of nitrogens with two attached hydrogens (primary N) is 1. The van der Waals surface area contributed by atoms with Gasteiger partial charge >= 0.3 is 12.2 Å². The number of carbonyl (C=O) groups is 6. The second-order valence-corrected chi connectivity index (χ2v) is 17.4. The molecule has 4 aliphatic heterocycles. The van der Waals surface area contributed by atoms with Crippen LogP contribution in [0.2, 0.25) is 10.0 Å². The number of hydrogen-bond donors (Lipinski definition) is 4. The van der Waals surface area contributed by atoms with E-state index in [1.54, 1.807) is 9.80 Å². The van der Waals surface area contributed by atoms with E-state index in [1.807, 2.05) is 0 Å². The third-order valence-electron chi connectivity index (χ3n) is 11.7. The molecule has 0 unspecified atom stereocenters. The number of nitrogens with one attached hydrogen (secondary N) is 3. The number of halogens is 7. The fourth-order valence-electron chi connectivity index (χ4n) is 8.03. The van der Waals surface area contributed by atoms with Crippen molar-refractivity contribution >= 4 is 82.8 Å². The molecule has 5 heterocycles. The quantitative estimate of drug-likeness (QED) is 0.0913. The van der Waals surface area contributed by atoms with Gasteiger partial charge in [-0.1, -0.05) is 23.2 Å². The summed E-state index contributed by atoms with van der Waals surface area (Å²) in [6, 6.07) is 11.1. The number of nitrogens with zero attached hydrogens (tertiary/aromatic N) is 4. The van der Waals surface area contributed by atoms with E-state index in [1.165, 1.54) is 65.8 Å². The van der Waals surface area contributed by atoms with Crippen molar-refractivity contribution in [1.82, 2.24) is 24.7 Å². The van der Waals surface area contributed by atoms with Crippen LogP contribution in [0.5, 0.6) is 11.5 Å². The Kier molecular flexibility index (Phi) is 19.9. The molecule has 2 fully saturated rings. The van der Waals surface area contributed by atoms with Crippen LogP contribution in [0.1, 0.15) is 82.5 Å². The Morgan fingerprint density at radius 2 is 1.20 bits per heavy atom. The third-order valence-corrected chi connectivity index (χ3v) is 12.3. The zero-order valence-corrected chi connectivity index (χ0v) is 41.5. The minimum absolute atomic E-state index is 0. The molecular weight excluding hydrogens is 1040 g/mol. The Hall–Kier alpha value is -7.14. The highest BCUT2D eigenvalue weighted by Gasteiger charge is 2.32. The summed E-state index contributed by atoms with van der Waals surface area (Å²) in [5.41, 5.74) is 6.90. The Morgan fingerprint density at radius 3 is 1.70 bits per heavy atom. The molecule has 9 rings (SSSR count). The first kappa shape index (κ1) is 56.2. The highest BCUT2D eigenvalue weighted by molar-refractivity contribution is 6.31. The van der Waals surface area contributed by atoms with Gasteiger partial charge in [0.15, 0.2) is 0 Å². The second-order valence-electron chi connectivity index (χ2n) is 16.6. The van der Waals surface area contributed by atoms with Gasteiger partial charge in [0.2, 0.25) is 11.8 Å². The monoisotopic (exact) mass is 1090 g/mol. The number of likely N-dealkylation sites (tertiary alicyclic amines) is 2. The summed E-state index contributed by atoms with van der Waals surface area (Å²) in [6.45, 7) is 2.84. The highest BCUT2D eigenvalue weighted by atomic mass is 35.5. The van der Waals surface area contributed by atoms with E-state index < -0.39 is 59.4 Å². The molecule has 5 amide bonds. The number of amides is 5. The van der Waals surface area contributed by atoms with Gasteiger partial charge in [0.25, 0.3) is 11.8 Å². The van der Waals surface area contributed by atoms with Gasteiger partial charge in [-0.3, -0.25) is 19.2 Å². The largest absolute Gasteiger partial charge is 0.492 e. The van der Waals surface area contributed by atoms with E-state index in [0.717, 1.165) is 37.6 Å². The predicted molar refractivity (Wildman–Crippen MR) is 264 cm³/mol. The van der Waals surface area contributed by atoms with Gasteiger partial charge in [0.05, 0.1) is 59.1 Å². The van der Waals surface area contributed by atoms with Crippen molar-refractivity contribution in [3.05, 3.63) is 135 Å². The summed E-state index contributed by atoms with van der Waals surface area (Å²) in [6.07, 6.45) is 6.69. The summed E-state index contributed by atoms with van der Waals surface area (Å²) in [7, 11) is 0. The fourth-order valence-corrected chi connectivity index (χ4v) is 8.39. The van der Waals surface area contributed by atoms with Gasteiger partial charge in [-0.05, 0) is 73.5 Å². The molecule has 5 aromatic rings. The molecule has 4 aliphatic rings. The Labute approximate surface area is 437 Å². The molecule has 394 valence electrons. The lowest BCUT2D eigenvalue weighted by atomic mass is 9.96. The number of hydrogen-bond acceptors (Lipinski definition) is 12. The lowest BCUT2D eigenvalue weighted by Gasteiger charge is -2.28. The number of alkyl carbamates (subject to hydrolysis) is 1. The summed E-state index contributed by atoms with van der Waals surface area (Å²) in [4.78, 5) is 78.8. The van der Waals surface area contributed by atoms with E-state index in [4.69, 9.17) is 47.9 Å². The molecule has 1 aromatic heterocycles. The van der Waals surface area contributed by atoms with Crippen LogP contribution in [0.4, 0.5) is 38.5 Å². The highest BCUT2D eigenvalue weighted by Crippen LogP contribution is 2.39. The van der Waals surface area contributed by atoms with Crippen LogP contribution in [-0.2, 0) is 19.1 Å². The third kappa shape index (κ3) is 14.3. The van der Waals surface area contributed by atoms with Crippen LogP contribution < -0.4 is 31.2 Å².